The summed E-state index contributed by atoms with van der Waals surface area (Å²) in [6.07, 6.45) is 3.77. The van der Waals surface area contributed by atoms with Gasteiger partial charge in [-0.05, 0) is 38.8 Å². The van der Waals surface area contributed by atoms with Crippen LogP contribution in [0.25, 0.3) is 11.5 Å². The lowest BCUT2D eigenvalue weighted by Gasteiger charge is -2.09. The van der Waals surface area contributed by atoms with E-state index >= 15 is 0 Å². The molecule has 0 atom stereocenters. The van der Waals surface area contributed by atoms with Gasteiger partial charge in [0.1, 0.15) is 12.0 Å². The molecule has 0 bridgehead atoms. The third-order valence-electron chi connectivity index (χ3n) is 5.00. The molecule has 0 saturated carbocycles. The minimum Gasteiger partial charge on any atom is -0.444 e. The van der Waals surface area contributed by atoms with E-state index in [2.05, 4.69) is 46.5 Å². The van der Waals surface area contributed by atoms with E-state index < -0.39 is 0 Å². The lowest BCUT2D eigenvalue weighted by Crippen LogP contribution is -2.36. The molecule has 0 aliphatic carbocycles. The van der Waals surface area contributed by atoms with Crippen molar-refractivity contribution in [3.8, 4) is 11.5 Å². The van der Waals surface area contributed by atoms with Gasteiger partial charge < -0.3 is 19.6 Å². The Morgan fingerprint density at radius 3 is 2.52 bits per heavy atom. The van der Waals surface area contributed by atoms with Crippen molar-refractivity contribution < 1.29 is 8.94 Å². The largest absolute Gasteiger partial charge is 0.444 e. The van der Waals surface area contributed by atoms with Crippen molar-refractivity contribution in [2.24, 2.45) is 4.99 Å². The molecule has 0 unspecified atom stereocenters. The second-order valence-corrected chi connectivity index (χ2v) is 7.29. The number of rotatable bonds is 9. The molecule has 0 saturated heterocycles. The quantitative estimate of drug-likeness (QED) is 0.216. The predicted molar refractivity (Wildman–Crippen MR) is 134 cm³/mol. The molecule has 7 nitrogen and oxygen atoms in total. The molecule has 0 radical (unpaired) electrons. The lowest BCUT2D eigenvalue weighted by atomic mass is 9.99. The molecule has 3 rings (SSSR count). The zero-order chi connectivity index (χ0) is 21.3. The number of hydrogen-bond acceptors (Lipinski definition) is 5. The number of nitrogens with zero attached hydrogens (tertiary/aromatic N) is 3. The number of hydrogen-bond donors (Lipinski definition) is 2. The Kier molecular flexibility index (Phi) is 10.0. The first-order valence-electron chi connectivity index (χ1n) is 10.6. The summed E-state index contributed by atoms with van der Waals surface area (Å²) in [7, 11) is 0. The SMILES string of the molecule is CCNC(=NCc1coc(-c2ccc(C)cc2)n1)NCc1cc(C(CC)CC)no1.I. The molecule has 3 aromatic rings. The van der Waals surface area contributed by atoms with Crippen LogP contribution in [-0.4, -0.2) is 22.6 Å². The molecule has 0 aliphatic rings. The summed E-state index contributed by atoms with van der Waals surface area (Å²) in [6, 6.07) is 10.1. The second kappa shape index (κ2) is 12.5. The highest BCUT2D eigenvalue weighted by Gasteiger charge is 2.13. The fraction of sp³-hybridized carbons (Fsp3) is 0.435. The first-order chi connectivity index (χ1) is 14.6. The number of aliphatic imine (C=N–C) groups is 1. The summed E-state index contributed by atoms with van der Waals surface area (Å²) in [5.41, 5.74) is 3.96. The zero-order valence-electron chi connectivity index (χ0n) is 18.6. The average Bonchev–Trinajstić information content (AvgIpc) is 3.42. The van der Waals surface area contributed by atoms with Gasteiger partial charge >= 0.3 is 0 Å². The monoisotopic (exact) mass is 537 g/mol. The number of guanidine groups is 1. The van der Waals surface area contributed by atoms with Crippen molar-refractivity contribution >= 4 is 29.9 Å². The van der Waals surface area contributed by atoms with Crippen LogP contribution in [0, 0.1) is 6.92 Å². The normalized spacial score (nSPS) is 11.5. The van der Waals surface area contributed by atoms with Crippen LogP contribution in [0.3, 0.4) is 0 Å². The van der Waals surface area contributed by atoms with E-state index in [0.29, 0.717) is 30.9 Å². The third kappa shape index (κ3) is 7.09. The van der Waals surface area contributed by atoms with Crippen LogP contribution < -0.4 is 10.6 Å². The van der Waals surface area contributed by atoms with Gasteiger partial charge in [-0.1, -0.05) is 36.7 Å². The van der Waals surface area contributed by atoms with Crippen LogP contribution in [0.15, 0.2) is 50.5 Å². The summed E-state index contributed by atoms with van der Waals surface area (Å²) in [5.74, 6) is 2.54. The molecule has 31 heavy (non-hydrogen) atoms. The smallest absolute Gasteiger partial charge is 0.226 e. The molecule has 2 aromatic heterocycles. The van der Waals surface area contributed by atoms with Crippen LogP contribution in [0.2, 0.25) is 0 Å². The summed E-state index contributed by atoms with van der Waals surface area (Å²) in [6.45, 7) is 10.1. The van der Waals surface area contributed by atoms with E-state index in [1.165, 1.54) is 5.56 Å². The molecule has 1 aromatic carbocycles. The summed E-state index contributed by atoms with van der Waals surface area (Å²) >= 11 is 0. The molecule has 0 spiro atoms. The Morgan fingerprint density at radius 2 is 1.84 bits per heavy atom. The lowest BCUT2D eigenvalue weighted by molar-refractivity contribution is 0.368. The molecule has 2 heterocycles. The van der Waals surface area contributed by atoms with Gasteiger partial charge in [0.2, 0.25) is 5.89 Å². The number of nitrogens with one attached hydrogen (secondary N) is 2. The fourth-order valence-corrected chi connectivity index (χ4v) is 3.19. The number of aromatic nitrogens is 2. The molecule has 0 fully saturated rings. The number of oxazole rings is 1. The highest BCUT2D eigenvalue weighted by atomic mass is 127. The number of benzene rings is 1. The zero-order valence-corrected chi connectivity index (χ0v) is 21.0. The van der Waals surface area contributed by atoms with E-state index in [-0.39, 0.29) is 24.0 Å². The third-order valence-corrected chi connectivity index (χ3v) is 5.00. The van der Waals surface area contributed by atoms with Crippen molar-refractivity contribution in [1.82, 2.24) is 20.8 Å². The van der Waals surface area contributed by atoms with Crippen molar-refractivity contribution in [2.75, 3.05) is 6.54 Å². The fourth-order valence-electron chi connectivity index (χ4n) is 3.19. The van der Waals surface area contributed by atoms with Gasteiger partial charge in [-0.2, -0.15) is 0 Å². The Morgan fingerprint density at radius 1 is 1.10 bits per heavy atom. The maximum atomic E-state index is 5.61. The van der Waals surface area contributed by atoms with Gasteiger partial charge in [0, 0.05) is 24.1 Å². The Hall–Kier alpha value is -2.36. The van der Waals surface area contributed by atoms with Crippen molar-refractivity contribution in [3.63, 3.8) is 0 Å². The maximum Gasteiger partial charge on any atom is 0.226 e. The summed E-state index contributed by atoms with van der Waals surface area (Å²) in [5, 5.41) is 10.7. The maximum absolute atomic E-state index is 5.61. The van der Waals surface area contributed by atoms with Crippen molar-refractivity contribution in [3.05, 3.63) is 59.3 Å². The van der Waals surface area contributed by atoms with Crippen molar-refractivity contribution in [2.45, 2.75) is 59.5 Å². The number of halogens is 1. The minimum absolute atomic E-state index is 0. The van der Waals surface area contributed by atoms with E-state index in [9.17, 15) is 0 Å². The van der Waals surface area contributed by atoms with Crippen LogP contribution in [-0.2, 0) is 13.1 Å². The van der Waals surface area contributed by atoms with E-state index in [0.717, 1.165) is 42.1 Å². The first kappa shape index (κ1) is 24.9. The van der Waals surface area contributed by atoms with Gasteiger partial charge in [-0.15, -0.1) is 24.0 Å². The topological polar surface area (TPSA) is 88.5 Å². The molecule has 8 heteroatoms. The Bertz CT molecular complexity index is 945. The first-order valence-corrected chi connectivity index (χ1v) is 10.6. The van der Waals surface area contributed by atoms with Gasteiger partial charge in [0.15, 0.2) is 11.7 Å². The van der Waals surface area contributed by atoms with E-state index in [1.807, 2.05) is 37.3 Å². The van der Waals surface area contributed by atoms with Crippen molar-refractivity contribution in [1.29, 1.82) is 0 Å². The Labute approximate surface area is 201 Å². The van der Waals surface area contributed by atoms with Gasteiger partial charge in [0.25, 0.3) is 0 Å². The average molecular weight is 537 g/mol. The molecule has 168 valence electrons. The van der Waals surface area contributed by atoms with Crippen LogP contribution in [0.1, 0.15) is 62.2 Å². The minimum atomic E-state index is 0. The van der Waals surface area contributed by atoms with Gasteiger partial charge in [-0.3, -0.25) is 0 Å². The highest BCUT2D eigenvalue weighted by molar-refractivity contribution is 14.0. The second-order valence-electron chi connectivity index (χ2n) is 7.29. The number of aryl methyl sites for hydroxylation is 1. The molecule has 0 amide bonds. The highest BCUT2D eigenvalue weighted by Crippen LogP contribution is 2.22. The molecular weight excluding hydrogens is 505 g/mol. The van der Waals surface area contributed by atoms with E-state index in [4.69, 9.17) is 8.94 Å². The van der Waals surface area contributed by atoms with E-state index in [1.54, 1.807) is 6.26 Å². The molecule has 0 aliphatic heterocycles. The van der Waals surface area contributed by atoms with Gasteiger partial charge in [0.05, 0.1) is 18.8 Å². The standard InChI is InChI=1S/C23H31N5O2.HI/c1-5-17(6-2)21-12-20(30-28-21)14-26-23(24-7-3)25-13-19-15-29-22(27-19)18-10-8-16(4)9-11-18;/h8-12,15,17H,5-7,13-14H2,1-4H3,(H2,24,25,26);1H. The Balaban J connectivity index is 0.00000341. The molecular formula is C23H32IN5O2. The summed E-state index contributed by atoms with van der Waals surface area (Å²) < 4.78 is 11.1. The molecule has 2 N–H and O–H groups in total. The predicted octanol–water partition coefficient (Wildman–Crippen LogP) is 5.41. The van der Waals surface area contributed by atoms with Gasteiger partial charge in [-0.25, -0.2) is 9.98 Å². The summed E-state index contributed by atoms with van der Waals surface area (Å²) in [4.78, 5) is 9.15. The van der Waals surface area contributed by atoms with Crippen LogP contribution >= 0.6 is 24.0 Å². The van der Waals surface area contributed by atoms with Crippen LogP contribution in [0.5, 0.6) is 0 Å². The van der Waals surface area contributed by atoms with Crippen LogP contribution in [0.4, 0.5) is 0 Å².